The first-order valence-corrected chi connectivity index (χ1v) is 12.1. The molecule has 0 bridgehead atoms. The van der Waals surface area contributed by atoms with E-state index in [9.17, 15) is 9.59 Å². The maximum absolute atomic E-state index is 13.2. The standard InChI is InChI=1S/C26H20ClN3O3S/c1-2-23-26(32)30(14-22(31)16-6-9-18(27)10-7-16)21-13-17(8-11-24(21)33-23)20-15-34-25(29-20)19-5-3-4-12-28-19/h3-13,15,23H,2,14H2,1H3. The van der Waals surface area contributed by atoms with Crippen LogP contribution in [-0.4, -0.2) is 34.3 Å². The van der Waals surface area contributed by atoms with Crippen LogP contribution in [0.1, 0.15) is 23.7 Å². The molecule has 6 nitrogen and oxygen atoms in total. The van der Waals surface area contributed by atoms with Crippen molar-refractivity contribution in [3.05, 3.63) is 82.8 Å². The van der Waals surface area contributed by atoms with Gasteiger partial charge in [0, 0.05) is 27.7 Å². The van der Waals surface area contributed by atoms with Crippen LogP contribution in [0.25, 0.3) is 22.0 Å². The SMILES string of the molecule is CCC1Oc2ccc(-c3csc(-c4ccccn4)n3)cc2N(CC(=O)c2ccc(Cl)cc2)C1=O. The predicted molar refractivity (Wildman–Crippen MR) is 134 cm³/mol. The molecule has 1 aliphatic rings. The Hall–Kier alpha value is -3.55. The quantitative estimate of drug-likeness (QED) is 0.315. The lowest BCUT2D eigenvalue weighted by Crippen LogP contribution is -2.47. The van der Waals surface area contributed by atoms with Crippen molar-refractivity contribution in [1.29, 1.82) is 0 Å². The molecule has 5 rings (SSSR count). The van der Waals surface area contributed by atoms with E-state index >= 15 is 0 Å². The van der Waals surface area contributed by atoms with Crippen LogP contribution in [0.4, 0.5) is 5.69 Å². The molecule has 1 unspecified atom stereocenters. The highest BCUT2D eigenvalue weighted by Crippen LogP contribution is 2.39. The molecule has 0 spiro atoms. The zero-order valence-electron chi connectivity index (χ0n) is 18.3. The zero-order chi connectivity index (χ0) is 23.7. The highest BCUT2D eigenvalue weighted by atomic mass is 35.5. The number of ether oxygens (including phenoxy) is 1. The van der Waals surface area contributed by atoms with Gasteiger partial charge in [0.05, 0.1) is 23.6 Å². The molecule has 2 aromatic heterocycles. The van der Waals surface area contributed by atoms with Gasteiger partial charge >= 0.3 is 0 Å². The Kier molecular flexibility index (Phi) is 6.13. The zero-order valence-corrected chi connectivity index (χ0v) is 19.8. The van der Waals surface area contributed by atoms with Crippen molar-refractivity contribution < 1.29 is 14.3 Å². The number of benzene rings is 2. The van der Waals surface area contributed by atoms with Gasteiger partial charge in [0.15, 0.2) is 11.9 Å². The van der Waals surface area contributed by atoms with Crippen LogP contribution in [0.2, 0.25) is 5.02 Å². The molecule has 0 fully saturated rings. The molecular formula is C26H20ClN3O3S. The van der Waals surface area contributed by atoms with E-state index in [1.54, 1.807) is 30.5 Å². The summed E-state index contributed by atoms with van der Waals surface area (Å²) in [5, 5.41) is 3.31. The number of hydrogen-bond donors (Lipinski definition) is 0. The van der Waals surface area contributed by atoms with Gasteiger partial charge in [0.2, 0.25) is 0 Å². The van der Waals surface area contributed by atoms with Crippen LogP contribution in [0.5, 0.6) is 5.75 Å². The molecule has 3 heterocycles. The predicted octanol–water partition coefficient (Wildman–Crippen LogP) is 5.91. The molecule has 2 aromatic carbocycles. The number of thiazole rings is 1. The number of fused-ring (bicyclic) bond motifs is 1. The van der Waals surface area contributed by atoms with Crippen LogP contribution in [0.3, 0.4) is 0 Å². The first kappa shape index (κ1) is 22.3. The lowest BCUT2D eigenvalue weighted by molar-refractivity contribution is -0.126. The minimum atomic E-state index is -0.633. The van der Waals surface area contributed by atoms with Gasteiger partial charge in [0.25, 0.3) is 5.91 Å². The Bertz CT molecular complexity index is 1360. The number of pyridine rings is 1. The fourth-order valence-electron chi connectivity index (χ4n) is 3.79. The Labute approximate surface area is 205 Å². The maximum atomic E-state index is 13.2. The molecule has 1 amide bonds. The molecule has 0 saturated carbocycles. The Morgan fingerprint density at radius 3 is 2.68 bits per heavy atom. The summed E-state index contributed by atoms with van der Waals surface area (Å²) >= 11 is 7.45. The maximum Gasteiger partial charge on any atom is 0.268 e. The highest BCUT2D eigenvalue weighted by Gasteiger charge is 2.35. The minimum absolute atomic E-state index is 0.0902. The van der Waals surface area contributed by atoms with E-state index in [0.717, 1.165) is 22.0 Å². The number of anilines is 1. The Morgan fingerprint density at radius 2 is 1.94 bits per heavy atom. The molecule has 0 N–H and O–H groups in total. The summed E-state index contributed by atoms with van der Waals surface area (Å²) < 4.78 is 5.94. The second-order valence-corrected chi connectivity index (χ2v) is 9.10. The van der Waals surface area contributed by atoms with E-state index in [2.05, 4.69) is 4.98 Å². The normalized spacial score (nSPS) is 15.1. The number of halogens is 1. The second kappa shape index (κ2) is 9.37. The Balaban J connectivity index is 1.49. The molecular weight excluding hydrogens is 470 g/mol. The number of hydrogen-bond acceptors (Lipinski definition) is 6. The summed E-state index contributed by atoms with van der Waals surface area (Å²) in [5.41, 5.74) is 3.45. The number of amides is 1. The third-order valence-corrected chi connectivity index (χ3v) is 6.70. The number of carbonyl (C=O) groups is 2. The van der Waals surface area contributed by atoms with E-state index in [0.29, 0.717) is 28.4 Å². The molecule has 0 saturated heterocycles. The third kappa shape index (κ3) is 4.32. The number of rotatable bonds is 6. The summed E-state index contributed by atoms with van der Waals surface area (Å²) in [5.74, 6) is 0.158. The van der Waals surface area contributed by atoms with Gasteiger partial charge in [-0.05, 0) is 61.0 Å². The first-order valence-electron chi connectivity index (χ1n) is 10.8. The average Bonchev–Trinajstić information content (AvgIpc) is 3.36. The van der Waals surface area contributed by atoms with Crippen LogP contribution in [0, 0.1) is 0 Å². The number of nitrogens with zero attached hydrogens (tertiary/aromatic N) is 3. The average molecular weight is 490 g/mol. The second-order valence-electron chi connectivity index (χ2n) is 7.80. The minimum Gasteiger partial charge on any atom is -0.478 e. The summed E-state index contributed by atoms with van der Waals surface area (Å²) in [4.78, 5) is 36.8. The van der Waals surface area contributed by atoms with Crippen molar-refractivity contribution in [3.8, 4) is 27.7 Å². The van der Waals surface area contributed by atoms with Crippen molar-refractivity contribution in [2.45, 2.75) is 19.4 Å². The molecule has 1 atom stereocenters. The molecule has 170 valence electrons. The molecule has 8 heteroatoms. The lowest BCUT2D eigenvalue weighted by atomic mass is 10.1. The van der Waals surface area contributed by atoms with Crippen LogP contribution < -0.4 is 9.64 Å². The molecule has 1 aliphatic heterocycles. The smallest absolute Gasteiger partial charge is 0.268 e. The lowest BCUT2D eigenvalue weighted by Gasteiger charge is -2.34. The van der Waals surface area contributed by atoms with Crippen molar-refractivity contribution in [2.75, 3.05) is 11.4 Å². The van der Waals surface area contributed by atoms with E-state index in [1.165, 1.54) is 16.2 Å². The number of carbonyl (C=O) groups excluding carboxylic acids is 2. The van der Waals surface area contributed by atoms with Crippen LogP contribution in [0.15, 0.2) is 72.2 Å². The highest BCUT2D eigenvalue weighted by molar-refractivity contribution is 7.13. The van der Waals surface area contributed by atoms with E-state index in [4.69, 9.17) is 21.3 Å². The fourth-order valence-corrected chi connectivity index (χ4v) is 4.72. The number of ketones is 1. The summed E-state index contributed by atoms with van der Waals surface area (Å²) in [7, 11) is 0. The van der Waals surface area contributed by atoms with Gasteiger partial charge in [-0.3, -0.25) is 19.5 Å². The summed E-state index contributed by atoms with van der Waals surface area (Å²) in [6, 6.07) is 18.0. The molecule has 34 heavy (non-hydrogen) atoms. The monoisotopic (exact) mass is 489 g/mol. The van der Waals surface area contributed by atoms with Gasteiger partial charge in [-0.25, -0.2) is 4.98 Å². The Morgan fingerprint density at radius 1 is 1.12 bits per heavy atom. The third-order valence-electron chi connectivity index (χ3n) is 5.58. The number of Topliss-reactive ketones (excluding diaryl/α,β-unsaturated/α-hetero) is 1. The molecule has 0 aliphatic carbocycles. The van der Waals surface area contributed by atoms with E-state index in [1.807, 2.05) is 48.7 Å². The number of aromatic nitrogens is 2. The van der Waals surface area contributed by atoms with Crippen LogP contribution >= 0.6 is 22.9 Å². The van der Waals surface area contributed by atoms with Crippen LogP contribution in [-0.2, 0) is 4.79 Å². The van der Waals surface area contributed by atoms with Crippen molar-refractivity contribution in [3.63, 3.8) is 0 Å². The van der Waals surface area contributed by atoms with E-state index in [-0.39, 0.29) is 18.2 Å². The summed E-state index contributed by atoms with van der Waals surface area (Å²) in [6.07, 6.45) is 1.61. The van der Waals surface area contributed by atoms with Crippen molar-refractivity contribution >= 4 is 40.3 Å². The van der Waals surface area contributed by atoms with Crippen molar-refractivity contribution in [1.82, 2.24) is 9.97 Å². The molecule has 0 radical (unpaired) electrons. The first-order chi connectivity index (χ1) is 16.5. The van der Waals surface area contributed by atoms with Gasteiger partial charge in [-0.1, -0.05) is 24.6 Å². The van der Waals surface area contributed by atoms with Gasteiger partial charge in [-0.2, -0.15) is 0 Å². The van der Waals surface area contributed by atoms with E-state index < -0.39 is 6.10 Å². The van der Waals surface area contributed by atoms with Gasteiger partial charge < -0.3 is 4.74 Å². The van der Waals surface area contributed by atoms with Crippen molar-refractivity contribution in [2.24, 2.45) is 0 Å². The fraction of sp³-hybridized carbons (Fsp3) is 0.154. The van der Waals surface area contributed by atoms with Gasteiger partial charge in [0.1, 0.15) is 10.8 Å². The largest absolute Gasteiger partial charge is 0.478 e. The molecule has 4 aromatic rings. The summed E-state index contributed by atoms with van der Waals surface area (Å²) in [6.45, 7) is 1.79. The topological polar surface area (TPSA) is 72.4 Å². The van der Waals surface area contributed by atoms with Gasteiger partial charge in [-0.15, -0.1) is 11.3 Å².